The molecule has 0 aromatic heterocycles. The van der Waals surface area contributed by atoms with E-state index in [1.165, 1.54) is 6.07 Å². The van der Waals surface area contributed by atoms with Gasteiger partial charge in [0.15, 0.2) is 0 Å². The van der Waals surface area contributed by atoms with Crippen molar-refractivity contribution in [3.63, 3.8) is 0 Å². The van der Waals surface area contributed by atoms with E-state index in [-0.39, 0.29) is 11.1 Å². The normalized spacial score (nSPS) is 18.3. The highest BCUT2D eigenvalue weighted by Crippen LogP contribution is 2.43. The summed E-state index contributed by atoms with van der Waals surface area (Å²) in [6.45, 7) is 0. The number of nitrogens with two attached hydrogens (primary N) is 1. The van der Waals surface area contributed by atoms with Crippen LogP contribution in [0.2, 0.25) is 10.0 Å². The maximum atomic E-state index is 13.6. The Kier molecular flexibility index (Phi) is 2.69. The molecule has 0 spiro atoms. The molecule has 1 saturated carbocycles. The van der Waals surface area contributed by atoms with E-state index < -0.39 is 5.82 Å². The Morgan fingerprint density at radius 1 is 1.29 bits per heavy atom. The van der Waals surface area contributed by atoms with Gasteiger partial charge in [-0.15, -0.1) is 0 Å². The van der Waals surface area contributed by atoms with Crippen molar-refractivity contribution in [1.29, 1.82) is 0 Å². The summed E-state index contributed by atoms with van der Waals surface area (Å²) in [6.07, 6.45) is 2.09. The van der Waals surface area contributed by atoms with E-state index >= 15 is 0 Å². The van der Waals surface area contributed by atoms with Gasteiger partial charge in [-0.25, -0.2) is 4.39 Å². The first-order valence-corrected chi connectivity index (χ1v) is 5.26. The summed E-state index contributed by atoms with van der Waals surface area (Å²) in [6, 6.07) is 2.72. The minimum atomic E-state index is -0.474. The molecule has 1 aliphatic rings. The number of rotatable bonds is 2. The molecule has 1 fully saturated rings. The molecule has 14 heavy (non-hydrogen) atoms. The van der Waals surface area contributed by atoms with Gasteiger partial charge in [-0.3, -0.25) is 0 Å². The van der Waals surface area contributed by atoms with Crippen molar-refractivity contribution in [2.45, 2.75) is 18.9 Å². The standard InChI is InChI=1S/C10H10Cl2FN/c11-6-3-4-7(12)9(13)8(6)10(14)5-1-2-5/h3-5,10H,1-2,14H2/t10-/m1/s1. The van der Waals surface area contributed by atoms with E-state index in [4.69, 9.17) is 28.9 Å². The molecule has 1 atom stereocenters. The zero-order chi connectivity index (χ0) is 10.3. The van der Waals surface area contributed by atoms with Crippen molar-refractivity contribution < 1.29 is 4.39 Å². The fraction of sp³-hybridized carbons (Fsp3) is 0.400. The van der Waals surface area contributed by atoms with Gasteiger partial charge in [-0.2, -0.15) is 0 Å². The van der Waals surface area contributed by atoms with Crippen molar-refractivity contribution >= 4 is 23.2 Å². The average molecular weight is 234 g/mol. The summed E-state index contributed by atoms with van der Waals surface area (Å²) in [5, 5.41) is 0.451. The van der Waals surface area contributed by atoms with Gasteiger partial charge < -0.3 is 5.73 Å². The summed E-state index contributed by atoms with van der Waals surface area (Å²) in [7, 11) is 0. The van der Waals surface area contributed by atoms with E-state index in [2.05, 4.69) is 0 Å². The third-order valence-electron chi connectivity index (χ3n) is 2.54. The number of hydrogen-bond acceptors (Lipinski definition) is 1. The van der Waals surface area contributed by atoms with Crippen LogP contribution >= 0.6 is 23.2 Å². The largest absolute Gasteiger partial charge is 0.324 e. The zero-order valence-electron chi connectivity index (χ0n) is 7.43. The Balaban J connectivity index is 2.43. The Morgan fingerprint density at radius 2 is 1.86 bits per heavy atom. The van der Waals surface area contributed by atoms with Crippen LogP contribution < -0.4 is 5.73 Å². The molecule has 0 aliphatic heterocycles. The second-order valence-electron chi connectivity index (χ2n) is 3.62. The van der Waals surface area contributed by atoms with Crippen LogP contribution in [-0.2, 0) is 0 Å². The summed E-state index contributed by atoms with van der Waals surface area (Å²) in [5.74, 6) is -0.112. The van der Waals surface area contributed by atoms with E-state index in [1.807, 2.05) is 0 Å². The van der Waals surface area contributed by atoms with Crippen molar-refractivity contribution in [1.82, 2.24) is 0 Å². The van der Waals surface area contributed by atoms with Gasteiger partial charge in [0.05, 0.1) is 5.02 Å². The van der Waals surface area contributed by atoms with Crippen molar-refractivity contribution in [3.8, 4) is 0 Å². The van der Waals surface area contributed by atoms with Gasteiger partial charge in [0.25, 0.3) is 0 Å². The van der Waals surface area contributed by atoms with Crippen LogP contribution in [-0.4, -0.2) is 0 Å². The maximum absolute atomic E-state index is 13.6. The average Bonchev–Trinajstić information content (AvgIpc) is 2.95. The Labute approximate surface area is 92.0 Å². The van der Waals surface area contributed by atoms with Crippen molar-refractivity contribution in [2.24, 2.45) is 11.7 Å². The molecule has 4 heteroatoms. The lowest BCUT2D eigenvalue weighted by atomic mass is 10.0. The number of benzene rings is 1. The van der Waals surface area contributed by atoms with Crippen LogP contribution in [0, 0.1) is 11.7 Å². The molecule has 1 nitrogen and oxygen atoms in total. The molecule has 0 radical (unpaired) electrons. The highest BCUT2D eigenvalue weighted by atomic mass is 35.5. The molecule has 1 aromatic rings. The fourth-order valence-corrected chi connectivity index (χ4v) is 1.98. The molecule has 76 valence electrons. The van der Waals surface area contributed by atoms with Crippen LogP contribution in [0.4, 0.5) is 4.39 Å². The maximum Gasteiger partial charge on any atom is 0.148 e. The molecule has 0 amide bonds. The van der Waals surface area contributed by atoms with Gasteiger partial charge >= 0.3 is 0 Å². The highest BCUT2D eigenvalue weighted by molar-refractivity contribution is 6.33. The lowest BCUT2D eigenvalue weighted by molar-refractivity contribution is 0.554. The molecule has 0 saturated heterocycles. The van der Waals surface area contributed by atoms with Crippen LogP contribution in [0.1, 0.15) is 24.4 Å². The third-order valence-corrected chi connectivity index (χ3v) is 3.16. The zero-order valence-corrected chi connectivity index (χ0v) is 8.95. The van der Waals surface area contributed by atoms with Gasteiger partial charge in [-0.1, -0.05) is 23.2 Å². The SMILES string of the molecule is N[C@@H](c1c(Cl)ccc(Cl)c1F)C1CC1. The van der Waals surface area contributed by atoms with E-state index in [0.717, 1.165) is 12.8 Å². The summed E-state index contributed by atoms with van der Waals surface area (Å²) >= 11 is 11.6. The van der Waals surface area contributed by atoms with E-state index in [0.29, 0.717) is 16.5 Å². The summed E-state index contributed by atoms with van der Waals surface area (Å²) < 4.78 is 13.6. The first-order chi connectivity index (χ1) is 6.61. The second kappa shape index (κ2) is 3.69. The topological polar surface area (TPSA) is 26.0 Å². The van der Waals surface area contributed by atoms with Crippen LogP contribution in [0.3, 0.4) is 0 Å². The smallest absolute Gasteiger partial charge is 0.148 e. The monoisotopic (exact) mass is 233 g/mol. The van der Waals surface area contributed by atoms with Gasteiger partial charge in [-0.05, 0) is 30.9 Å². The first kappa shape index (κ1) is 10.2. The summed E-state index contributed by atoms with van der Waals surface area (Å²) in [4.78, 5) is 0. The predicted molar refractivity (Wildman–Crippen MR) is 56.1 cm³/mol. The van der Waals surface area contributed by atoms with Crippen LogP contribution in [0.5, 0.6) is 0 Å². The van der Waals surface area contributed by atoms with Gasteiger partial charge in [0.2, 0.25) is 0 Å². The molecular weight excluding hydrogens is 224 g/mol. The molecular formula is C10H10Cl2FN. The van der Waals surface area contributed by atoms with Gasteiger partial charge in [0, 0.05) is 16.6 Å². The minimum Gasteiger partial charge on any atom is -0.324 e. The quantitative estimate of drug-likeness (QED) is 0.778. The lowest BCUT2D eigenvalue weighted by Gasteiger charge is -2.14. The third kappa shape index (κ3) is 1.74. The second-order valence-corrected chi connectivity index (χ2v) is 4.43. The van der Waals surface area contributed by atoms with E-state index in [9.17, 15) is 4.39 Å². The predicted octanol–water partition coefficient (Wildman–Crippen LogP) is 3.54. The molecule has 2 rings (SSSR count). The molecule has 0 heterocycles. The summed E-state index contributed by atoms with van der Waals surface area (Å²) in [5.41, 5.74) is 6.25. The Morgan fingerprint density at radius 3 is 2.43 bits per heavy atom. The van der Waals surface area contributed by atoms with Crippen molar-refractivity contribution in [2.75, 3.05) is 0 Å². The Bertz CT molecular complexity index is 363. The fourth-order valence-electron chi connectivity index (χ4n) is 1.54. The number of hydrogen-bond donors (Lipinski definition) is 1. The van der Waals surface area contributed by atoms with Crippen LogP contribution in [0.25, 0.3) is 0 Å². The first-order valence-electron chi connectivity index (χ1n) is 4.50. The highest BCUT2D eigenvalue weighted by Gasteiger charge is 2.32. The van der Waals surface area contributed by atoms with Gasteiger partial charge in [0.1, 0.15) is 5.82 Å². The molecule has 0 bridgehead atoms. The lowest BCUT2D eigenvalue weighted by Crippen LogP contribution is -2.15. The molecule has 1 aromatic carbocycles. The molecule has 1 aliphatic carbocycles. The Hall–Kier alpha value is -0.310. The number of halogens is 3. The van der Waals surface area contributed by atoms with E-state index in [1.54, 1.807) is 6.07 Å². The minimum absolute atomic E-state index is 0.0838. The van der Waals surface area contributed by atoms with Crippen molar-refractivity contribution in [3.05, 3.63) is 33.6 Å². The van der Waals surface area contributed by atoms with Crippen LogP contribution in [0.15, 0.2) is 12.1 Å². The molecule has 2 N–H and O–H groups in total. The molecule has 0 unspecified atom stereocenters.